The summed E-state index contributed by atoms with van der Waals surface area (Å²) in [6.45, 7) is 4.37. The van der Waals surface area contributed by atoms with Crippen LogP contribution in [0.3, 0.4) is 0 Å². The highest BCUT2D eigenvalue weighted by atomic mass is 35.5. The Kier molecular flexibility index (Phi) is 5.12. The largest absolute Gasteiger partial charge is 0.341 e. The van der Waals surface area contributed by atoms with Crippen molar-refractivity contribution in [3.63, 3.8) is 0 Å². The summed E-state index contributed by atoms with van der Waals surface area (Å²) < 4.78 is 26.9. The smallest absolute Gasteiger partial charge is 0.179 e. The predicted molar refractivity (Wildman–Crippen MR) is 107 cm³/mol. The van der Waals surface area contributed by atoms with Gasteiger partial charge in [0.1, 0.15) is 10.7 Å². The van der Waals surface area contributed by atoms with Gasteiger partial charge in [0.2, 0.25) is 0 Å². The van der Waals surface area contributed by atoms with E-state index in [0.717, 1.165) is 22.5 Å². The number of hydrogen-bond acceptors (Lipinski definition) is 3. The molecular formula is C20H21ClN2O2S. The third-order valence-corrected chi connectivity index (χ3v) is 5.93. The molecule has 0 aliphatic carbocycles. The van der Waals surface area contributed by atoms with Gasteiger partial charge in [-0.1, -0.05) is 41.9 Å². The van der Waals surface area contributed by atoms with Gasteiger partial charge in [-0.2, -0.15) is 0 Å². The van der Waals surface area contributed by atoms with E-state index in [4.69, 9.17) is 11.6 Å². The lowest BCUT2D eigenvalue weighted by Crippen LogP contribution is -2.08. The highest BCUT2D eigenvalue weighted by Gasteiger charge is 2.25. The maximum Gasteiger partial charge on any atom is 0.179 e. The zero-order chi connectivity index (χ0) is 18.9. The van der Waals surface area contributed by atoms with E-state index in [9.17, 15) is 8.42 Å². The standard InChI is InChI=1S/C20H21ClN2O2S/c1-14-15(2)23(13-16-7-5-4-6-8-16)20(19(14)26(3,24)25)22-18-11-9-17(21)10-12-18/h4-12,22H,13H2,1-3H3. The van der Waals surface area contributed by atoms with Gasteiger partial charge in [-0.05, 0) is 49.2 Å². The van der Waals surface area contributed by atoms with Gasteiger partial charge in [-0.3, -0.25) is 0 Å². The topological polar surface area (TPSA) is 51.1 Å². The van der Waals surface area contributed by atoms with Crippen molar-refractivity contribution in [1.29, 1.82) is 0 Å². The first-order valence-electron chi connectivity index (χ1n) is 8.23. The summed E-state index contributed by atoms with van der Waals surface area (Å²) in [5.74, 6) is 0.577. The normalized spacial score (nSPS) is 11.5. The van der Waals surface area contributed by atoms with Gasteiger partial charge in [0.05, 0.1) is 0 Å². The Labute approximate surface area is 159 Å². The van der Waals surface area contributed by atoms with Crippen LogP contribution in [0.1, 0.15) is 16.8 Å². The van der Waals surface area contributed by atoms with Crippen LogP contribution in [0.4, 0.5) is 11.5 Å². The quantitative estimate of drug-likeness (QED) is 0.672. The van der Waals surface area contributed by atoms with Crippen LogP contribution in [0.2, 0.25) is 5.02 Å². The number of hydrogen-bond donors (Lipinski definition) is 1. The summed E-state index contributed by atoms with van der Waals surface area (Å²) in [7, 11) is -3.40. The second-order valence-corrected chi connectivity index (χ2v) is 8.75. The van der Waals surface area contributed by atoms with Crippen molar-refractivity contribution in [2.24, 2.45) is 0 Å². The highest BCUT2D eigenvalue weighted by molar-refractivity contribution is 7.91. The molecule has 0 aliphatic heterocycles. The van der Waals surface area contributed by atoms with E-state index >= 15 is 0 Å². The van der Waals surface area contributed by atoms with Gasteiger partial charge < -0.3 is 9.88 Å². The van der Waals surface area contributed by atoms with Crippen molar-refractivity contribution in [1.82, 2.24) is 4.57 Å². The Morgan fingerprint density at radius 2 is 1.62 bits per heavy atom. The number of anilines is 2. The van der Waals surface area contributed by atoms with E-state index in [2.05, 4.69) is 5.32 Å². The van der Waals surface area contributed by atoms with Crippen LogP contribution in [-0.4, -0.2) is 19.2 Å². The molecule has 0 atom stereocenters. The van der Waals surface area contributed by atoms with Crippen molar-refractivity contribution in [3.8, 4) is 0 Å². The van der Waals surface area contributed by atoms with E-state index < -0.39 is 9.84 Å². The maximum atomic E-state index is 12.5. The lowest BCUT2D eigenvalue weighted by Gasteiger charge is -2.15. The van der Waals surface area contributed by atoms with Crippen LogP contribution in [0.5, 0.6) is 0 Å². The molecule has 6 heteroatoms. The molecule has 1 heterocycles. The first kappa shape index (κ1) is 18.5. The van der Waals surface area contributed by atoms with E-state index in [1.807, 2.05) is 60.9 Å². The second kappa shape index (κ2) is 7.17. The van der Waals surface area contributed by atoms with Gasteiger partial charge >= 0.3 is 0 Å². The minimum atomic E-state index is -3.40. The number of benzene rings is 2. The third-order valence-electron chi connectivity index (χ3n) is 4.43. The maximum absolute atomic E-state index is 12.5. The van der Waals surface area contributed by atoms with Gasteiger partial charge in [0.15, 0.2) is 9.84 Å². The van der Waals surface area contributed by atoms with Gasteiger partial charge in [0.25, 0.3) is 0 Å². The Bertz CT molecular complexity index is 1020. The Morgan fingerprint density at radius 1 is 1.00 bits per heavy atom. The van der Waals surface area contributed by atoms with Crippen molar-refractivity contribution in [2.75, 3.05) is 11.6 Å². The SMILES string of the molecule is Cc1c(S(C)(=O)=O)c(Nc2ccc(Cl)cc2)n(Cc2ccccc2)c1C. The molecule has 136 valence electrons. The van der Waals surface area contributed by atoms with Crippen LogP contribution in [0.15, 0.2) is 59.5 Å². The van der Waals surface area contributed by atoms with E-state index in [-0.39, 0.29) is 0 Å². The Morgan fingerprint density at radius 3 is 2.19 bits per heavy atom. The summed E-state index contributed by atoms with van der Waals surface area (Å²) in [5.41, 5.74) is 3.57. The zero-order valence-electron chi connectivity index (χ0n) is 15.0. The molecule has 1 aromatic heterocycles. The van der Waals surface area contributed by atoms with Crippen LogP contribution in [-0.2, 0) is 16.4 Å². The lowest BCUT2D eigenvalue weighted by molar-refractivity contribution is 0.601. The van der Waals surface area contributed by atoms with Crippen LogP contribution >= 0.6 is 11.6 Å². The molecule has 0 radical (unpaired) electrons. The Balaban J connectivity index is 2.14. The second-order valence-electron chi connectivity index (χ2n) is 6.36. The molecular weight excluding hydrogens is 368 g/mol. The van der Waals surface area contributed by atoms with E-state index in [0.29, 0.717) is 22.3 Å². The minimum absolute atomic E-state index is 0.334. The van der Waals surface area contributed by atoms with Gasteiger partial charge in [-0.25, -0.2) is 8.42 Å². The zero-order valence-corrected chi connectivity index (χ0v) is 16.5. The van der Waals surface area contributed by atoms with Gasteiger partial charge in [-0.15, -0.1) is 0 Å². The number of aromatic nitrogens is 1. The molecule has 0 saturated heterocycles. The molecule has 1 N–H and O–H groups in total. The molecule has 0 saturated carbocycles. The van der Waals surface area contributed by atoms with E-state index in [1.165, 1.54) is 6.26 Å². The Hall–Kier alpha value is -2.24. The molecule has 0 amide bonds. The predicted octanol–water partition coefficient (Wildman–Crippen LogP) is 4.95. The summed E-state index contributed by atoms with van der Waals surface area (Å²) >= 11 is 5.96. The fourth-order valence-corrected chi connectivity index (χ4v) is 4.39. The summed E-state index contributed by atoms with van der Waals surface area (Å²) in [6, 6.07) is 17.2. The van der Waals surface area contributed by atoms with Crippen LogP contribution in [0.25, 0.3) is 0 Å². The number of nitrogens with one attached hydrogen (secondary N) is 1. The molecule has 3 aromatic rings. The monoisotopic (exact) mass is 388 g/mol. The van der Waals surface area contributed by atoms with Crippen LogP contribution in [0, 0.1) is 13.8 Å². The van der Waals surface area contributed by atoms with Crippen molar-refractivity contribution < 1.29 is 8.42 Å². The van der Waals surface area contributed by atoms with Crippen molar-refractivity contribution in [2.45, 2.75) is 25.3 Å². The fraction of sp³-hybridized carbons (Fsp3) is 0.200. The van der Waals surface area contributed by atoms with Crippen molar-refractivity contribution >= 4 is 32.9 Å². The highest BCUT2D eigenvalue weighted by Crippen LogP contribution is 2.34. The molecule has 0 aliphatic rings. The average Bonchev–Trinajstić information content (AvgIpc) is 2.82. The summed E-state index contributed by atoms with van der Waals surface area (Å²) in [4.78, 5) is 0.334. The first-order chi connectivity index (χ1) is 12.3. The molecule has 3 rings (SSSR count). The van der Waals surface area contributed by atoms with Gasteiger partial charge in [0, 0.05) is 29.2 Å². The molecule has 4 nitrogen and oxygen atoms in total. The molecule has 0 spiro atoms. The van der Waals surface area contributed by atoms with Crippen molar-refractivity contribution in [3.05, 3.63) is 76.4 Å². The first-order valence-corrected chi connectivity index (χ1v) is 10.5. The minimum Gasteiger partial charge on any atom is -0.341 e. The number of halogens is 1. The number of nitrogens with zero attached hydrogens (tertiary/aromatic N) is 1. The fourth-order valence-electron chi connectivity index (χ4n) is 3.05. The van der Waals surface area contributed by atoms with E-state index in [1.54, 1.807) is 12.1 Å². The lowest BCUT2D eigenvalue weighted by atomic mass is 10.2. The molecule has 26 heavy (non-hydrogen) atoms. The number of sulfone groups is 1. The van der Waals surface area contributed by atoms with Crippen LogP contribution < -0.4 is 5.32 Å². The molecule has 0 fully saturated rings. The molecule has 0 unspecified atom stereocenters. The average molecular weight is 389 g/mol. The molecule has 2 aromatic carbocycles. The summed E-state index contributed by atoms with van der Waals surface area (Å²) in [6.07, 6.45) is 1.24. The summed E-state index contributed by atoms with van der Waals surface area (Å²) in [5, 5.41) is 3.91. The molecule has 0 bridgehead atoms. The third kappa shape index (κ3) is 3.79. The number of rotatable bonds is 5.